The Morgan fingerprint density at radius 3 is 2.41 bits per heavy atom. The van der Waals surface area contributed by atoms with Crippen LogP contribution in [0.25, 0.3) is 10.8 Å². The van der Waals surface area contributed by atoms with Crippen molar-refractivity contribution in [1.29, 1.82) is 5.26 Å². The molecule has 1 aliphatic heterocycles. The molecule has 49 heavy (non-hydrogen) atoms. The number of fused-ring (bicyclic) bond motifs is 1. The molecule has 1 fully saturated rings. The van der Waals surface area contributed by atoms with Crippen LogP contribution >= 0.6 is 0 Å². The number of rotatable bonds is 8. The second-order valence-corrected chi connectivity index (χ2v) is 14.2. The highest BCUT2D eigenvalue weighted by Gasteiger charge is 2.41. The molecule has 0 bridgehead atoms. The summed E-state index contributed by atoms with van der Waals surface area (Å²) in [6.07, 6.45) is -4.88. The Morgan fingerprint density at radius 1 is 1.08 bits per heavy atom. The number of alkyl halides is 3. The van der Waals surface area contributed by atoms with E-state index in [2.05, 4.69) is 15.5 Å². The molecule has 256 valence electrons. The molecule has 0 radical (unpaired) electrons. The molecule has 3 aromatic carbocycles. The molecule has 1 aliphatic rings. The lowest BCUT2D eigenvalue weighted by atomic mass is 10.0. The third-order valence-electron chi connectivity index (χ3n) is 8.32. The molecule has 1 saturated heterocycles. The van der Waals surface area contributed by atoms with Gasteiger partial charge in [0.1, 0.15) is 5.82 Å². The molecule has 11 nitrogen and oxygen atoms in total. The van der Waals surface area contributed by atoms with Crippen molar-refractivity contribution in [1.82, 2.24) is 15.1 Å². The number of anilines is 1. The number of aromatic amines is 1. The van der Waals surface area contributed by atoms with Gasteiger partial charge in [0.15, 0.2) is 15.4 Å². The number of nitrogens with zero attached hydrogens (tertiary/aromatic N) is 3. The Kier molecular flexibility index (Phi) is 9.62. The Bertz CT molecular complexity index is 2150. The molecule has 2 amide bonds. The number of aromatic nitrogens is 2. The smallest absolute Gasteiger partial charge is 0.379 e. The van der Waals surface area contributed by atoms with Crippen molar-refractivity contribution in [2.45, 2.75) is 43.2 Å². The van der Waals surface area contributed by atoms with Crippen LogP contribution < -0.4 is 10.9 Å². The minimum Gasteiger partial charge on any atom is -0.379 e. The molecule has 3 N–H and O–H groups in total. The van der Waals surface area contributed by atoms with Gasteiger partial charge in [-0.3, -0.25) is 14.4 Å². The number of nitriles is 1. The van der Waals surface area contributed by atoms with Crippen molar-refractivity contribution in [3.05, 3.63) is 105 Å². The van der Waals surface area contributed by atoms with Gasteiger partial charge < -0.3 is 15.3 Å². The molecular formula is C33H29F4N5O6S. The van der Waals surface area contributed by atoms with Crippen LogP contribution in [0, 0.1) is 17.1 Å². The van der Waals surface area contributed by atoms with Crippen molar-refractivity contribution < 1.29 is 40.7 Å². The van der Waals surface area contributed by atoms with Gasteiger partial charge in [0.2, 0.25) is 0 Å². The van der Waals surface area contributed by atoms with E-state index in [1.807, 2.05) is 0 Å². The molecular weight excluding hydrogens is 670 g/mol. The van der Waals surface area contributed by atoms with E-state index in [-0.39, 0.29) is 43.5 Å². The van der Waals surface area contributed by atoms with Gasteiger partial charge in [0.05, 0.1) is 44.8 Å². The van der Waals surface area contributed by atoms with Crippen molar-refractivity contribution in [3.8, 4) is 6.07 Å². The van der Waals surface area contributed by atoms with Crippen molar-refractivity contribution in [2.24, 2.45) is 0 Å². The molecule has 0 spiro atoms. The van der Waals surface area contributed by atoms with Gasteiger partial charge in [-0.05, 0) is 61.7 Å². The summed E-state index contributed by atoms with van der Waals surface area (Å²) >= 11 is 0. The highest BCUT2D eigenvalue weighted by molar-refractivity contribution is 7.92. The normalized spacial score (nSPS) is 15.4. The lowest BCUT2D eigenvalue weighted by Gasteiger charge is -2.33. The van der Waals surface area contributed by atoms with Gasteiger partial charge in [0.25, 0.3) is 17.4 Å². The number of carbonyl (C=O) groups is 2. The first-order valence-corrected chi connectivity index (χ1v) is 16.6. The SMILES string of the molecule is C[C@](O)(CS(=O)(=O)C1CCN(C(=O)c2cc(Cc3n[nH]c(=O)c4ccccc34)ccc2F)CC1)C(=O)Nc1ccc(C#N)c(C(F)(F)F)c1. The van der Waals surface area contributed by atoms with Crippen LogP contribution in [-0.2, 0) is 27.2 Å². The third kappa shape index (κ3) is 7.63. The number of benzene rings is 3. The summed E-state index contributed by atoms with van der Waals surface area (Å²) in [7, 11) is -4.18. The maximum absolute atomic E-state index is 14.9. The number of hydrogen-bond donors (Lipinski definition) is 3. The minimum atomic E-state index is -4.90. The lowest BCUT2D eigenvalue weighted by molar-refractivity contribution is -0.137. The van der Waals surface area contributed by atoms with Crippen molar-refractivity contribution in [2.75, 3.05) is 24.2 Å². The van der Waals surface area contributed by atoms with E-state index in [0.29, 0.717) is 28.1 Å². The fraction of sp³-hybridized carbons (Fsp3) is 0.303. The number of carbonyl (C=O) groups excluding carboxylic acids is 2. The van der Waals surface area contributed by atoms with Crippen LogP contribution in [0.5, 0.6) is 0 Å². The molecule has 1 aromatic heterocycles. The fourth-order valence-electron chi connectivity index (χ4n) is 5.73. The number of halogens is 4. The Labute approximate surface area is 277 Å². The van der Waals surface area contributed by atoms with Gasteiger partial charge >= 0.3 is 6.18 Å². The van der Waals surface area contributed by atoms with Crippen LogP contribution in [0.3, 0.4) is 0 Å². The first-order valence-electron chi connectivity index (χ1n) is 14.9. The summed E-state index contributed by atoms with van der Waals surface area (Å²) in [5.41, 5.74) is -4.49. The summed E-state index contributed by atoms with van der Waals surface area (Å²) < 4.78 is 81.3. The van der Waals surface area contributed by atoms with E-state index in [9.17, 15) is 45.5 Å². The van der Waals surface area contributed by atoms with E-state index >= 15 is 0 Å². The predicted molar refractivity (Wildman–Crippen MR) is 170 cm³/mol. The van der Waals surface area contributed by atoms with Crippen molar-refractivity contribution >= 4 is 38.1 Å². The second kappa shape index (κ2) is 13.4. The van der Waals surface area contributed by atoms with Gasteiger partial charge in [0, 0.05) is 30.6 Å². The molecule has 0 aliphatic carbocycles. The summed E-state index contributed by atoms with van der Waals surface area (Å²) in [5, 5.41) is 28.3. The Morgan fingerprint density at radius 2 is 1.76 bits per heavy atom. The second-order valence-electron chi connectivity index (χ2n) is 11.9. The first kappa shape index (κ1) is 35.2. The van der Waals surface area contributed by atoms with Gasteiger partial charge in [-0.2, -0.15) is 23.5 Å². The molecule has 16 heteroatoms. The largest absolute Gasteiger partial charge is 0.417 e. The van der Waals surface area contributed by atoms with Crippen molar-refractivity contribution in [3.63, 3.8) is 0 Å². The zero-order valence-corrected chi connectivity index (χ0v) is 26.7. The lowest BCUT2D eigenvalue weighted by Crippen LogP contribution is -2.50. The van der Waals surface area contributed by atoms with Gasteiger partial charge in [-0.1, -0.05) is 24.3 Å². The number of sulfone groups is 1. The number of piperidine rings is 1. The quantitative estimate of drug-likeness (QED) is 0.232. The number of hydrogen-bond acceptors (Lipinski definition) is 8. The predicted octanol–water partition coefficient (Wildman–Crippen LogP) is 3.95. The molecule has 1 atom stereocenters. The number of H-pyrrole nitrogens is 1. The minimum absolute atomic E-state index is 0.0711. The summed E-state index contributed by atoms with van der Waals surface area (Å²) in [6.45, 7) is 0.769. The highest BCUT2D eigenvalue weighted by Crippen LogP contribution is 2.34. The maximum atomic E-state index is 14.9. The summed E-state index contributed by atoms with van der Waals surface area (Å²) in [6, 6.07) is 14.6. The van der Waals surface area contributed by atoms with Crippen LogP contribution in [0.2, 0.25) is 0 Å². The number of likely N-dealkylation sites (tertiary alicyclic amines) is 1. The zero-order valence-electron chi connectivity index (χ0n) is 25.8. The van der Waals surface area contributed by atoms with E-state index in [1.54, 1.807) is 24.3 Å². The average molecular weight is 700 g/mol. The molecule has 4 aromatic rings. The molecule has 0 saturated carbocycles. The van der Waals surface area contributed by atoms with Crippen LogP contribution in [0.15, 0.2) is 65.5 Å². The Hall–Kier alpha value is -5.14. The molecule has 0 unspecified atom stereocenters. The third-order valence-corrected chi connectivity index (χ3v) is 10.8. The van der Waals surface area contributed by atoms with E-state index in [4.69, 9.17) is 5.26 Å². The summed E-state index contributed by atoms with van der Waals surface area (Å²) in [5.74, 6) is -3.78. The van der Waals surface area contributed by atoms with Gasteiger partial charge in [-0.25, -0.2) is 17.9 Å². The highest BCUT2D eigenvalue weighted by atomic mass is 32.2. The standard InChI is InChI=1S/C33H29F4N5O6S/c1-32(46,31(45)39-21-8-7-20(17-38)26(16-21)33(35,36)37)18-49(47,48)22-10-12-42(13-11-22)30(44)25-14-19(6-9-27(25)34)15-28-23-4-2-3-5-24(23)29(43)41-40-28/h2-9,14,16,22,46H,10-13,15,18H2,1H3,(H,39,45)(H,41,43)/t32-/m0/s1. The van der Waals surface area contributed by atoms with Crippen LogP contribution in [0.4, 0.5) is 23.2 Å². The number of nitrogens with one attached hydrogen (secondary N) is 2. The number of amides is 2. The summed E-state index contributed by atoms with van der Waals surface area (Å²) in [4.78, 5) is 39.6. The van der Waals surface area contributed by atoms with Crippen LogP contribution in [-0.4, -0.2) is 70.1 Å². The topological polar surface area (TPSA) is 173 Å². The van der Waals surface area contributed by atoms with E-state index in [0.717, 1.165) is 25.1 Å². The van der Waals surface area contributed by atoms with Gasteiger partial charge in [-0.15, -0.1) is 0 Å². The van der Waals surface area contributed by atoms with E-state index < -0.39 is 67.1 Å². The molecule has 2 heterocycles. The van der Waals surface area contributed by atoms with E-state index in [1.165, 1.54) is 23.1 Å². The number of aliphatic hydroxyl groups is 1. The monoisotopic (exact) mass is 699 g/mol. The average Bonchev–Trinajstić information content (AvgIpc) is 3.06. The Balaban J connectivity index is 1.23. The zero-order chi connectivity index (χ0) is 35.7. The fourth-order valence-corrected chi connectivity index (χ4v) is 7.81. The van der Waals surface area contributed by atoms with Crippen LogP contribution in [0.1, 0.15) is 52.5 Å². The maximum Gasteiger partial charge on any atom is 0.417 e. The molecule has 5 rings (SSSR count). The first-order chi connectivity index (χ1) is 23.0.